The molecule has 0 aliphatic heterocycles. The molecule has 0 saturated heterocycles. The van der Waals surface area contributed by atoms with Gasteiger partial charge in [-0.25, -0.2) is 0 Å². The first-order valence-corrected chi connectivity index (χ1v) is 12.1. The van der Waals surface area contributed by atoms with Crippen LogP contribution in [0.2, 0.25) is 0 Å². The Morgan fingerprint density at radius 2 is 1.38 bits per heavy atom. The molecule has 150 valence electrons. The van der Waals surface area contributed by atoms with Crippen LogP contribution in [0, 0.1) is 34.5 Å². The molecule has 2 rings (SSSR count). The molecule has 0 spiro atoms. The van der Waals surface area contributed by atoms with E-state index in [9.17, 15) is 5.26 Å². The number of hydrogen-bond acceptors (Lipinski definition) is 1. The van der Waals surface area contributed by atoms with Gasteiger partial charge in [0.1, 0.15) is 0 Å². The van der Waals surface area contributed by atoms with Crippen LogP contribution in [0.5, 0.6) is 0 Å². The molecule has 0 aromatic rings. The zero-order valence-electron chi connectivity index (χ0n) is 17.9. The second-order valence-corrected chi connectivity index (χ2v) is 9.66. The van der Waals surface area contributed by atoms with Gasteiger partial charge < -0.3 is 0 Å². The van der Waals surface area contributed by atoms with Crippen molar-refractivity contribution in [2.75, 3.05) is 0 Å². The Kier molecular flexibility index (Phi) is 10.1. The molecule has 2 aliphatic rings. The second-order valence-electron chi connectivity index (χ2n) is 9.66. The van der Waals surface area contributed by atoms with Crippen LogP contribution in [0.15, 0.2) is 0 Å². The SMILES string of the molecule is CCCCCCCC1CCC2(C#N)CC(CCCCCCC)CCC2C1. The van der Waals surface area contributed by atoms with Crippen LogP contribution in [0.3, 0.4) is 0 Å². The molecule has 2 saturated carbocycles. The molecule has 0 N–H and O–H groups in total. The van der Waals surface area contributed by atoms with Crippen molar-refractivity contribution in [1.82, 2.24) is 0 Å². The lowest BCUT2D eigenvalue weighted by Crippen LogP contribution is -2.40. The molecule has 1 nitrogen and oxygen atoms in total. The fourth-order valence-corrected chi connectivity index (χ4v) is 5.90. The fraction of sp³-hybridized carbons (Fsp3) is 0.960. The summed E-state index contributed by atoms with van der Waals surface area (Å²) in [6.45, 7) is 4.59. The summed E-state index contributed by atoms with van der Waals surface area (Å²) in [6.07, 6.45) is 24.7. The van der Waals surface area contributed by atoms with Gasteiger partial charge in [0.05, 0.1) is 11.5 Å². The molecule has 26 heavy (non-hydrogen) atoms. The fourth-order valence-electron chi connectivity index (χ4n) is 5.90. The van der Waals surface area contributed by atoms with Crippen molar-refractivity contribution in [3.63, 3.8) is 0 Å². The summed E-state index contributed by atoms with van der Waals surface area (Å²) in [5.41, 5.74) is 0.0606. The number of rotatable bonds is 12. The van der Waals surface area contributed by atoms with Crippen molar-refractivity contribution in [3.05, 3.63) is 0 Å². The van der Waals surface area contributed by atoms with Gasteiger partial charge in [-0.2, -0.15) is 5.26 Å². The van der Waals surface area contributed by atoms with E-state index in [1.807, 2.05) is 0 Å². The minimum Gasteiger partial charge on any atom is -0.198 e. The summed E-state index contributed by atoms with van der Waals surface area (Å²) >= 11 is 0. The third-order valence-electron chi connectivity index (χ3n) is 7.63. The van der Waals surface area contributed by atoms with Crippen LogP contribution < -0.4 is 0 Å². The maximum atomic E-state index is 10.0. The lowest BCUT2D eigenvalue weighted by molar-refractivity contribution is 0.0366. The Labute approximate surface area is 164 Å². The summed E-state index contributed by atoms with van der Waals surface area (Å²) in [5.74, 6) is 2.49. The van der Waals surface area contributed by atoms with Crippen LogP contribution in [-0.2, 0) is 0 Å². The van der Waals surface area contributed by atoms with Gasteiger partial charge in [0.25, 0.3) is 0 Å². The molecule has 0 aromatic carbocycles. The normalized spacial score (nSPS) is 31.3. The van der Waals surface area contributed by atoms with E-state index in [0.29, 0.717) is 0 Å². The minimum absolute atomic E-state index is 0.0606. The highest BCUT2D eigenvalue weighted by Gasteiger charge is 2.47. The van der Waals surface area contributed by atoms with Gasteiger partial charge in [-0.15, -0.1) is 0 Å². The number of unbranched alkanes of at least 4 members (excludes halogenated alkanes) is 8. The highest BCUT2D eigenvalue weighted by molar-refractivity contribution is 5.08. The highest BCUT2D eigenvalue weighted by atomic mass is 14.5. The van der Waals surface area contributed by atoms with Gasteiger partial charge in [-0.3, -0.25) is 0 Å². The van der Waals surface area contributed by atoms with Gasteiger partial charge >= 0.3 is 0 Å². The molecule has 0 amide bonds. The lowest BCUT2D eigenvalue weighted by Gasteiger charge is -2.48. The third kappa shape index (κ3) is 6.58. The molecular weight excluding hydrogens is 314 g/mol. The van der Waals surface area contributed by atoms with E-state index in [0.717, 1.165) is 17.8 Å². The summed E-state index contributed by atoms with van der Waals surface area (Å²) in [5, 5.41) is 10.0. The number of nitrogens with zero attached hydrogens (tertiary/aromatic N) is 1. The Balaban J connectivity index is 1.72. The average molecular weight is 360 g/mol. The predicted octanol–water partition coefficient (Wildman–Crippen LogP) is 8.43. The Morgan fingerprint density at radius 3 is 2.00 bits per heavy atom. The maximum absolute atomic E-state index is 10.0. The molecule has 4 unspecified atom stereocenters. The topological polar surface area (TPSA) is 23.8 Å². The van der Waals surface area contributed by atoms with Crippen LogP contribution in [0.4, 0.5) is 0 Å². The Hall–Kier alpha value is -0.510. The number of hydrogen-bond donors (Lipinski definition) is 0. The van der Waals surface area contributed by atoms with E-state index in [-0.39, 0.29) is 5.41 Å². The van der Waals surface area contributed by atoms with Crippen molar-refractivity contribution >= 4 is 0 Å². The maximum Gasteiger partial charge on any atom is 0.0692 e. The summed E-state index contributed by atoms with van der Waals surface area (Å²) in [7, 11) is 0. The molecule has 4 atom stereocenters. The van der Waals surface area contributed by atoms with Crippen molar-refractivity contribution in [3.8, 4) is 6.07 Å². The van der Waals surface area contributed by atoms with Gasteiger partial charge in [0, 0.05) is 0 Å². The van der Waals surface area contributed by atoms with Gasteiger partial charge in [0.15, 0.2) is 0 Å². The van der Waals surface area contributed by atoms with Crippen molar-refractivity contribution in [2.24, 2.45) is 23.2 Å². The summed E-state index contributed by atoms with van der Waals surface area (Å²) in [6, 6.07) is 2.86. The Morgan fingerprint density at radius 1 is 0.769 bits per heavy atom. The van der Waals surface area contributed by atoms with E-state index in [1.165, 1.54) is 116 Å². The number of nitriles is 1. The van der Waals surface area contributed by atoms with E-state index in [2.05, 4.69) is 19.9 Å². The average Bonchev–Trinajstić information content (AvgIpc) is 2.67. The van der Waals surface area contributed by atoms with Gasteiger partial charge in [-0.05, 0) is 49.9 Å². The smallest absolute Gasteiger partial charge is 0.0692 e. The quantitative estimate of drug-likeness (QED) is 0.321. The largest absolute Gasteiger partial charge is 0.198 e. The summed E-state index contributed by atoms with van der Waals surface area (Å²) in [4.78, 5) is 0. The van der Waals surface area contributed by atoms with E-state index in [4.69, 9.17) is 0 Å². The molecule has 2 fully saturated rings. The molecular formula is C25H45N. The van der Waals surface area contributed by atoms with Crippen LogP contribution in [0.25, 0.3) is 0 Å². The van der Waals surface area contributed by atoms with E-state index in [1.54, 1.807) is 0 Å². The van der Waals surface area contributed by atoms with Gasteiger partial charge in [-0.1, -0.05) is 97.3 Å². The minimum atomic E-state index is 0.0606. The van der Waals surface area contributed by atoms with Gasteiger partial charge in [0.2, 0.25) is 0 Å². The van der Waals surface area contributed by atoms with Crippen LogP contribution in [-0.4, -0.2) is 0 Å². The second kappa shape index (κ2) is 12.0. The summed E-state index contributed by atoms with van der Waals surface area (Å²) < 4.78 is 0. The number of fused-ring (bicyclic) bond motifs is 1. The predicted molar refractivity (Wildman–Crippen MR) is 113 cm³/mol. The Bertz CT molecular complexity index is 409. The molecule has 2 aliphatic carbocycles. The van der Waals surface area contributed by atoms with E-state index < -0.39 is 0 Å². The monoisotopic (exact) mass is 359 g/mol. The highest BCUT2D eigenvalue weighted by Crippen LogP contribution is 2.54. The van der Waals surface area contributed by atoms with Crippen LogP contribution >= 0.6 is 0 Å². The third-order valence-corrected chi connectivity index (χ3v) is 7.63. The zero-order chi connectivity index (χ0) is 18.7. The van der Waals surface area contributed by atoms with Crippen molar-refractivity contribution in [1.29, 1.82) is 5.26 Å². The first kappa shape index (κ1) is 21.8. The molecule has 1 heteroatoms. The molecule has 0 aromatic heterocycles. The first-order chi connectivity index (χ1) is 12.7. The standard InChI is InChI=1S/C25H45N/c1-3-5-7-9-11-13-22-17-18-25(21-26)20-23(15-16-24(25)19-22)14-12-10-8-6-4-2/h22-24H,3-20H2,1-2H3. The lowest BCUT2D eigenvalue weighted by atomic mass is 9.55. The molecule has 0 heterocycles. The van der Waals surface area contributed by atoms with Crippen molar-refractivity contribution < 1.29 is 0 Å². The zero-order valence-corrected chi connectivity index (χ0v) is 17.9. The van der Waals surface area contributed by atoms with E-state index >= 15 is 0 Å². The molecule has 0 radical (unpaired) electrons. The molecule has 0 bridgehead atoms. The van der Waals surface area contributed by atoms with Crippen LogP contribution in [0.1, 0.15) is 129 Å². The first-order valence-electron chi connectivity index (χ1n) is 12.1. The van der Waals surface area contributed by atoms with Crippen molar-refractivity contribution in [2.45, 2.75) is 129 Å².